The first-order valence-corrected chi connectivity index (χ1v) is 5.97. The summed E-state index contributed by atoms with van der Waals surface area (Å²) in [6, 6.07) is 6.48. The maximum Gasteiger partial charge on any atom is 0.240 e. The molecule has 16 heavy (non-hydrogen) atoms. The van der Waals surface area contributed by atoms with Crippen LogP contribution in [0.2, 0.25) is 0 Å². The Balaban J connectivity index is 1.91. The van der Waals surface area contributed by atoms with Crippen molar-refractivity contribution < 1.29 is 4.79 Å². The molecule has 1 aliphatic heterocycles. The van der Waals surface area contributed by atoms with Crippen LogP contribution in [0.15, 0.2) is 18.2 Å². The van der Waals surface area contributed by atoms with E-state index in [-0.39, 0.29) is 5.91 Å². The molecule has 0 atom stereocenters. The molecule has 0 spiro atoms. The molecule has 1 aromatic carbocycles. The molecule has 1 amide bonds. The summed E-state index contributed by atoms with van der Waals surface area (Å²) in [6.07, 6.45) is 3.63. The van der Waals surface area contributed by atoms with E-state index in [9.17, 15) is 4.79 Å². The van der Waals surface area contributed by atoms with Gasteiger partial charge in [-0.2, -0.15) is 0 Å². The van der Waals surface area contributed by atoms with E-state index in [1.165, 1.54) is 30.4 Å². The molecule has 0 bridgehead atoms. The van der Waals surface area contributed by atoms with Gasteiger partial charge < -0.3 is 10.2 Å². The Labute approximate surface area is 95.4 Å². The first-order valence-electron chi connectivity index (χ1n) is 5.97. The Kier molecular flexibility index (Phi) is 2.40. The molecule has 0 unspecified atom stereocenters. The number of hydrogen-bond acceptors (Lipinski definition) is 2. The second-order valence-corrected chi connectivity index (χ2v) is 4.53. The standard InChI is InChI=1S/C13H16N2O/c16-13-9-14-6-7-15(13)12-5-4-10-2-1-3-11(10)8-12/h4-5,8,14H,1-3,6-7,9H2. The summed E-state index contributed by atoms with van der Waals surface area (Å²) < 4.78 is 0. The molecule has 1 heterocycles. The van der Waals surface area contributed by atoms with E-state index in [0.29, 0.717) is 6.54 Å². The topological polar surface area (TPSA) is 32.3 Å². The van der Waals surface area contributed by atoms with Gasteiger partial charge in [-0.05, 0) is 42.5 Å². The highest BCUT2D eigenvalue weighted by molar-refractivity contribution is 5.95. The number of benzene rings is 1. The van der Waals surface area contributed by atoms with Crippen LogP contribution in [0, 0.1) is 0 Å². The molecule has 1 saturated heterocycles. The van der Waals surface area contributed by atoms with Crippen LogP contribution in [0.25, 0.3) is 0 Å². The highest BCUT2D eigenvalue weighted by Crippen LogP contribution is 2.27. The van der Waals surface area contributed by atoms with E-state index >= 15 is 0 Å². The predicted octanol–water partition coefficient (Wildman–Crippen LogP) is 1.11. The van der Waals surface area contributed by atoms with Crippen LogP contribution < -0.4 is 10.2 Å². The number of nitrogens with one attached hydrogen (secondary N) is 1. The molecular formula is C13H16N2O. The summed E-state index contributed by atoms with van der Waals surface area (Å²) in [7, 11) is 0. The Bertz CT molecular complexity index is 428. The minimum Gasteiger partial charge on any atom is -0.310 e. The minimum absolute atomic E-state index is 0.184. The van der Waals surface area contributed by atoms with Crippen molar-refractivity contribution in [3.8, 4) is 0 Å². The van der Waals surface area contributed by atoms with Crippen LogP contribution >= 0.6 is 0 Å². The molecule has 2 aliphatic rings. The van der Waals surface area contributed by atoms with Crippen LogP contribution in [-0.4, -0.2) is 25.5 Å². The smallest absolute Gasteiger partial charge is 0.240 e. The van der Waals surface area contributed by atoms with E-state index in [2.05, 4.69) is 23.5 Å². The lowest BCUT2D eigenvalue weighted by atomic mass is 10.1. The molecule has 84 valence electrons. The van der Waals surface area contributed by atoms with Gasteiger partial charge in [0.1, 0.15) is 0 Å². The lowest BCUT2D eigenvalue weighted by molar-refractivity contribution is -0.118. The fraction of sp³-hybridized carbons (Fsp3) is 0.462. The number of hydrogen-bond donors (Lipinski definition) is 1. The SMILES string of the molecule is O=C1CNCCN1c1ccc2c(c1)CCC2. The molecule has 0 aromatic heterocycles. The zero-order valence-corrected chi connectivity index (χ0v) is 9.33. The number of rotatable bonds is 1. The first-order chi connectivity index (χ1) is 7.84. The Morgan fingerprint density at radius 2 is 2.06 bits per heavy atom. The van der Waals surface area contributed by atoms with Crippen LogP contribution in [0.3, 0.4) is 0 Å². The minimum atomic E-state index is 0.184. The van der Waals surface area contributed by atoms with Crippen LogP contribution in [0.1, 0.15) is 17.5 Å². The van der Waals surface area contributed by atoms with Gasteiger partial charge in [-0.3, -0.25) is 4.79 Å². The van der Waals surface area contributed by atoms with Gasteiger partial charge in [0.05, 0.1) is 6.54 Å². The molecule has 3 heteroatoms. The molecule has 3 rings (SSSR count). The third kappa shape index (κ3) is 1.61. The van der Waals surface area contributed by atoms with Crippen molar-refractivity contribution in [1.82, 2.24) is 5.32 Å². The predicted molar refractivity (Wildman–Crippen MR) is 63.7 cm³/mol. The van der Waals surface area contributed by atoms with Gasteiger partial charge in [-0.15, -0.1) is 0 Å². The summed E-state index contributed by atoms with van der Waals surface area (Å²) in [5, 5.41) is 3.10. The molecule has 0 radical (unpaired) electrons. The van der Waals surface area contributed by atoms with Crippen LogP contribution in [0.5, 0.6) is 0 Å². The average Bonchev–Trinajstić information content (AvgIpc) is 2.76. The Morgan fingerprint density at radius 1 is 1.19 bits per heavy atom. The van der Waals surface area contributed by atoms with E-state index in [1.54, 1.807) is 0 Å². The zero-order chi connectivity index (χ0) is 11.0. The van der Waals surface area contributed by atoms with Gasteiger partial charge in [0.25, 0.3) is 0 Å². The average molecular weight is 216 g/mol. The third-order valence-electron chi connectivity index (χ3n) is 3.48. The molecular weight excluding hydrogens is 200 g/mol. The molecule has 1 aliphatic carbocycles. The van der Waals surface area contributed by atoms with Crippen LogP contribution in [-0.2, 0) is 17.6 Å². The van der Waals surface area contributed by atoms with E-state index in [0.717, 1.165) is 18.8 Å². The van der Waals surface area contributed by atoms with E-state index in [4.69, 9.17) is 0 Å². The van der Waals surface area contributed by atoms with Crippen molar-refractivity contribution >= 4 is 11.6 Å². The third-order valence-corrected chi connectivity index (χ3v) is 3.48. The van der Waals surface area contributed by atoms with Gasteiger partial charge in [0, 0.05) is 18.8 Å². The van der Waals surface area contributed by atoms with E-state index < -0.39 is 0 Å². The monoisotopic (exact) mass is 216 g/mol. The van der Waals surface area contributed by atoms with Gasteiger partial charge in [0.2, 0.25) is 5.91 Å². The van der Waals surface area contributed by atoms with Crippen molar-refractivity contribution in [3.05, 3.63) is 29.3 Å². The number of aryl methyl sites for hydroxylation is 2. The molecule has 1 N–H and O–H groups in total. The second kappa shape index (κ2) is 3.91. The fourth-order valence-corrected chi connectivity index (χ4v) is 2.61. The number of nitrogens with zero attached hydrogens (tertiary/aromatic N) is 1. The van der Waals surface area contributed by atoms with Gasteiger partial charge >= 0.3 is 0 Å². The Hall–Kier alpha value is -1.35. The number of fused-ring (bicyclic) bond motifs is 1. The second-order valence-electron chi connectivity index (χ2n) is 4.53. The number of carbonyl (C=O) groups is 1. The van der Waals surface area contributed by atoms with Crippen molar-refractivity contribution in [2.45, 2.75) is 19.3 Å². The van der Waals surface area contributed by atoms with Crippen LogP contribution in [0.4, 0.5) is 5.69 Å². The lowest BCUT2D eigenvalue weighted by Gasteiger charge is -2.27. The van der Waals surface area contributed by atoms with Crippen molar-refractivity contribution in [3.63, 3.8) is 0 Å². The van der Waals surface area contributed by atoms with Gasteiger partial charge in [-0.1, -0.05) is 6.07 Å². The molecule has 0 saturated carbocycles. The molecule has 1 fully saturated rings. The number of piperazine rings is 1. The summed E-state index contributed by atoms with van der Waals surface area (Å²) in [6.45, 7) is 2.15. The van der Waals surface area contributed by atoms with Crippen molar-refractivity contribution in [2.75, 3.05) is 24.5 Å². The zero-order valence-electron chi connectivity index (χ0n) is 9.33. The quantitative estimate of drug-likeness (QED) is 0.762. The van der Waals surface area contributed by atoms with Crippen molar-refractivity contribution in [1.29, 1.82) is 0 Å². The molecule has 3 nitrogen and oxygen atoms in total. The van der Waals surface area contributed by atoms with E-state index in [1.807, 2.05) is 4.90 Å². The maximum absolute atomic E-state index is 11.8. The summed E-state index contributed by atoms with van der Waals surface area (Å²) in [4.78, 5) is 13.7. The van der Waals surface area contributed by atoms with Gasteiger partial charge in [0.15, 0.2) is 0 Å². The highest BCUT2D eigenvalue weighted by Gasteiger charge is 2.20. The Morgan fingerprint density at radius 3 is 2.94 bits per heavy atom. The largest absolute Gasteiger partial charge is 0.310 e. The lowest BCUT2D eigenvalue weighted by Crippen LogP contribution is -2.48. The fourth-order valence-electron chi connectivity index (χ4n) is 2.61. The number of carbonyl (C=O) groups excluding carboxylic acids is 1. The first kappa shape index (κ1) is 9.85. The highest BCUT2D eigenvalue weighted by atomic mass is 16.2. The summed E-state index contributed by atoms with van der Waals surface area (Å²) >= 11 is 0. The molecule has 1 aromatic rings. The summed E-state index contributed by atoms with van der Waals surface area (Å²) in [5.41, 5.74) is 3.97. The summed E-state index contributed by atoms with van der Waals surface area (Å²) in [5.74, 6) is 0.184. The number of anilines is 1. The van der Waals surface area contributed by atoms with Gasteiger partial charge in [-0.25, -0.2) is 0 Å². The maximum atomic E-state index is 11.8. The normalized spacial score (nSPS) is 20.0. The van der Waals surface area contributed by atoms with Crippen molar-refractivity contribution in [2.24, 2.45) is 0 Å². The number of amides is 1.